The van der Waals surface area contributed by atoms with Crippen molar-refractivity contribution in [2.45, 2.75) is 26.0 Å². The number of methoxy groups -OCH3 is 1. The summed E-state index contributed by atoms with van der Waals surface area (Å²) in [7, 11) is 1.42. The minimum absolute atomic E-state index is 0.0493. The number of carbonyl (C=O) groups is 2. The molecule has 1 aliphatic rings. The highest BCUT2D eigenvalue weighted by atomic mass is 35.5. The number of carbonyl (C=O) groups excluding carboxylic acids is 2. The Morgan fingerprint density at radius 3 is 2.55 bits per heavy atom. The van der Waals surface area contributed by atoms with Crippen molar-refractivity contribution in [2.24, 2.45) is 0 Å². The number of likely N-dealkylation sites (tertiary alicyclic amines) is 1. The number of phenols is 1. The predicted octanol–water partition coefficient (Wildman–Crippen LogP) is 3.90. The average Bonchev–Trinajstić information content (AvgIpc) is 2.98. The van der Waals surface area contributed by atoms with Gasteiger partial charge in [0, 0.05) is 17.1 Å². The highest BCUT2D eigenvalue weighted by Gasteiger charge is 2.46. The second-order valence-electron chi connectivity index (χ2n) is 7.35. The molecule has 1 amide bonds. The van der Waals surface area contributed by atoms with E-state index in [1.54, 1.807) is 24.3 Å². The first kappa shape index (κ1) is 22.7. The summed E-state index contributed by atoms with van der Waals surface area (Å²) >= 11 is 6.04. The van der Waals surface area contributed by atoms with Crippen LogP contribution in [0.1, 0.15) is 31.0 Å². The number of benzene rings is 2. The molecule has 0 aromatic heterocycles. The molecular formula is C23H24ClNO6. The van der Waals surface area contributed by atoms with Gasteiger partial charge in [-0.3, -0.25) is 9.59 Å². The molecular weight excluding hydrogens is 422 g/mol. The minimum atomic E-state index is -0.911. The zero-order chi connectivity index (χ0) is 22.7. The summed E-state index contributed by atoms with van der Waals surface area (Å²) in [6.07, 6.45) is -0.0493. The van der Waals surface area contributed by atoms with Crippen LogP contribution in [0.2, 0.25) is 5.02 Å². The van der Waals surface area contributed by atoms with Crippen molar-refractivity contribution < 1.29 is 29.3 Å². The summed E-state index contributed by atoms with van der Waals surface area (Å²) in [5, 5.41) is 21.6. The first-order valence-corrected chi connectivity index (χ1v) is 10.1. The summed E-state index contributed by atoms with van der Waals surface area (Å²) in [6, 6.07) is 10.1. The molecule has 2 aromatic rings. The van der Waals surface area contributed by atoms with E-state index in [-0.39, 0.29) is 42.1 Å². The second-order valence-corrected chi connectivity index (χ2v) is 7.79. The second kappa shape index (κ2) is 9.41. The molecule has 0 spiro atoms. The molecule has 7 nitrogen and oxygen atoms in total. The zero-order valence-electron chi connectivity index (χ0n) is 17.5. The number of aliphatic hydroxyl groups excluding tert-OH is 1. The molecule has 164 valence electrons. The number of phenolic OH excluding ortho intramolecular Hbond substituents is 1. The van der Waals surface area contributed by atoms with Crippen molar-refractivity contribution in [3.63, 3.8) is 0 Å². The van der Waals surface area contributed by atoms with Crippen LogP contribution in [0.4, 0.5) is 0 Å². The first-order valence-electron chi connectivity index (χ1n) is 9.77. The van der Waals surface area contributed by atoms with Crippen molar-refractivity contribution in [3.8, 4) is 11.5 Å². The summed E-state index contributed by atoms with van der Waals surface area (Å²) in [5.41, 5.74) is 0.679. The quantitative estimate of drug-likeness (QED) is 0.381. The van der Waals surface area contributed by atoms with Crippen molar-refractivity contribution in [1.29, 1.82) is 0 Å². The van der Waals surface area contributed by atoms with E-state index in [1.807, 2.05) is 13.8 Å². The molecule has 1 atom stereocenters. The van der Waals surface area contributed by atoms with E-state index >= 15 is 0 Å². The molecule has 2 N–H and O–H groups in total. The van der Waals surface area contributed by atoms with Gasteiger partial charge in [-0.1, -0.05) is 29.8 Å². The zero-order valence-corrected chi connectivity index (χ0v) is 18.2. The molecule has 2 aromatic carbocycles. The maximum atomic E-state index is 12.9. The van der Waals surface area contributed by atoms with Crippen LogP contribution >= 0.6 is 11.6 Å². The van der Waals surface area contributed by atoms with Gasteiger partial charge in [-0.2, -0.15) is 0 Å². The number of amides is 1. The van der Waals surface area contributed by atoms with E-state index in [4.69, 9.17) is 21.1 Å². The van der Waals surface area contributed by atoms with E-state index in [0.717, 1.165) is 0 Å². The standard InChI is InChI=1S/C23H24ClNO6/c1-13(2)31-10-9-25-20(14-7-8-18(30-3)17(26)12-14)19(22(28)23(25)29)21(27)15-5-4-6-16(24)11-15/h4-8,11-13,20,26-27H,9-10H2,1-3H3/b21-19-. The van der Waals surface area contributed by atoms with Crippen LogP contribution in [0.25, 0.3) is 5.76 Å². The van der Waals surface area contributed by atoms with Gasteiger partial charge in [-0.25, -0.2) is 0 Å². The lowest BCUT2D eigenvalue weighted by molar-refractivity contribution is -0.140. The first-order chi connectivity index (χ1) is 14.7. The molecule has 3 rings (SSSR count). The van der Waals surface area contributed by atoms with Crippen LogP contribution < -0.4 is 4.74 Å². The number of aliphatic hydroxyl groups is 1. The third kappa shape index (κ3) is 4.68. The largest absolute Gasteiger partial charge is 0.507 e. The molecule has 1 saturated heterocycles. The maximum Gasteiger partial charge on any atom is 0.295 e. The van der Waals surface area contributed by atoms with Crippen LogP contribution in [0.15, 0.2) is 48.0 Å². The molecule has 31 heavy (non-hydrogen) atoms. The Bertz CT molecular complexity index is 1030. The van der Waals surface area contributed by atoms with Crippen molar-refractivity contribution in [3.05, 3.63) is 64.2 Å². The van der Waals surface area contributed by atoms with E-state index in [1.165, 1.54) is 30.2 Å². The van der Waals surface area contributed by atoms with E-state index in [9.17, 15) is 19.8 Å². The molecule has 1 unspecified atom stereocenters. The fourth-order valence-electron chi connectivity index (χ4n) is 3.51. The predicted molar refractivity (Wildman–Crippen MR) is 116 cm³/mol. The number of hydrogen-bond donors (Lipinski definition) is 2. The molecule has 0 saturated carbocycles. The number of Topliss-reactive ketones (excluding diaryl/α,β-unsaturated/α-hetero) is 1. The van der Waals surface area contributed by atoms with Gasteiger partial charge in [0.05, 0.1) is 31.4 Å². The molecule has 0 radical (unpaired) electrons. The van der Waals surface area contributed by atoms with Crippen LogP contribution in [0.3, 0.4) is 0 Å². The van der Waals surface area contributed by atoms with Crippen molar-refractivity contribution >= 4 is 29.1 Å². The smallest absolute Gasteiger partial charge is 0.295 e. The fourth-order valence-corrected chi connectivity index (χ4v) is 3.70. The van der Waals surface area contributed by atoms with E-state index < -0.39 is 17.7 Å². The molecule has 8 heteroatoms. The Hall–Kier alpha value is -3.03. The number of rotatable bonds is 7. The normalized spacial score (nSPS) is 18.1. The number of ketones is 1. The van der Waals surface area contributed by atoms with Crippen LogP contribution in [-0.2, 0) is 14.3 Å². The lowest BCUT2D eigenvalue weighted by Crippen LogP contribution is -2.33. The molecule has 1 aliphatic heterocycles. The summed E-state index contributed by atoms with van der Waals surface area (Å²) in [4.78, 5) is 27.1. The third-order valence-electron chi connectivity index (χ3n) is 4.94. The maximum absolute atomic E-state index is 12.9. The average molecular weight is 446 g/mol. The Morgan fingerprint density at radius 1 is 1.19 bits per heavy atom. The molecule has 0 bridgehead atoms. The lowest BCUT2D eigenvalue weighted by Gasteiger charge is -2.26. The van der Waals surface area contributed by atoms with Gasteiger partial charge in [0.15, 0.2) is 11.5 Å². The topological polar surface area (TPSA) is 96.3 Å². The van der Waals surface area contributed by atoms with E-state index in [0.29, 0.717) is 16.1 Å². The Labute approximate surface area is 185 Å². The number of hydrogen-bond acceptors (Lipinski definition) is 6. The fraction of sp³-hybridized carbons (Fsp3) is 0.304. The number of ether oxygens (including phenoxy) is 2. The van der Waals surface area contributed by atoms with Gasteiger partial charge >= 0.3 is 0 Å². The summed E-state index contributed by atoms with van der Waals surface area (Å²) < 4.78 is 10.6. The monoisotopic (exact) mass is 445 g/mol. The molecule has 1 heterocycles. The van der Waals surface area contributed by atoms with E-state index in [2.05, 4.69) is 0 Å². The van der Waals surface area contributed by atoms with Gasteiger partial charge in [0.25, 0.3) is 11.7 Å². The van der Waals surface area contributed by atoms with Gasteiger partial charge in [0.1, 0.15) is 5.76 Å². The Kier molecular flexibility index (Phi) is 6.87. The Morgan fingerprint density at radius 2 is 1.94 bits per heavy atom. The third-order valence-corrected chi connectivity index (χ3v) is 5.18. The van der Waals surface area contributed by atoms with Crippen LogP contribution in [-0.4, -0.2) is 53.2 Å². The number of nitrogens with zero attached hydrogens (tertiary/aromatic N) is 1. The number of aromatic hydroxyl groups is 1. The summed E-state index contributed by atoms with van der Waals surface area (Å²) in [5.74, 6) is -1.81. The van der Waals surface area contributed by atoms with Crippen LogP contribution in [0.5, 0.6) is 11.5 Å². The minimum Gasteiger partial charge on any atom is -0.507 e. The van der Waals surface area contributed by atoms with Gasteiger partial charge in [-0.05, 0) is 43.7 Å². The highest BCUT2D eigenvalue weighted by molar-refractivity contribution is 6.46. The SMILES string of the molecule is COc1ccc(C2/C(=C(/O)c3cccc(Cl)c3)C(=O)C(=O)N2CCOC(C)C)cc1O. The van der Waals surface area contributed by atoms with Gasteiger partial charge in [-0.15, -0.1) is 0 Å². The Balaban J connectivity index is 2.13. The molecule has 1 fully saturated rings. The number of halogens is 1. The van der Waals surface area contributed by atoms with Gasteiger partial charge < -0.3 is 24.6 Å². The van der Waals surface area contributed by atoms with Crippen molar-refractivity contribution in [1.82, 2.24) is 4.90 Å². The van der Waals surface area contributed by atoms with Crippen LogP contribution in [0, 0.1) is 0 Å². The lowest BCUT2D eigenvalue weighted by atomic mass is 9.95. The molecule has 0 aliphatic carbocycles. The summed E-state index contributed by atoms with van der Waals surface area (Å²) in [6.45, 7) is 4.07. The van der Waals surface area contributed by atoms with Gasteiger partial charge in [0.2, 0.25) is 0 Å². The van der Waals surface area contributed by atoms with Crippen molar-refractivity contribution in [2.75, 3.05) is 20.3 Å². The highest BCUT2D eigenvalue weighted by Crippen LogP contribution is 2.41.